The molecule has 1 heterocycles. The smallest absolute Gasteiger partial charge is 0.280 e. The average Bonchev–Trinajstić information content (AvgIpc) is 2.62. The summed E-state index contributed by atoms with van der Waals surface area (Å²) in [4.78, 5) is 25.1. The Morgan fingerprint density at radius 2 is 2.00 bits per heavy atom. The van der Waals surface area contributed by atoms with Gasteiger partial charge in [-0.05, 0) is 31.2 Å². The zero-order chi connectivity index (χ0) is 17.1. The predicted octanol–water partition coefficient (Wildman–Crippen LogP) is 2.68. The van der Waals surface area contributed by atoms with Crippen LogP contribution < -0.4 is 15.5 Å². The van der Waals surface area contributed by atoms with Crippen LogP contribution in [0.3, 0.4) is 0 Å². The summed E-state index contributed by atoms with van der Waals surface area (Å²) < 4.78 is 6.78. The molecule has 0 aliphatic carbocycles. The number of para-hydroxylation sites is 1. The van der Waals surface area contributed by atoms with Gasteiger partial charge < -0.3 is 10.1 Å². The highest BCUT2D eigenvalue weighted by Crippen LogP contribution is 2.17. The number of aromatic nitrogens is 2. The number of hydrogen-bond donors (Lipinski definition) is 1. The molecule has 0 radical (unpaired) electrons. The van der Waals surface area contributed by atoms with Crippen molar-refractivity contribution >= 4 is 22.5 Å². The highest BCUT2D eigenvalue weighted by Gasteiger charge is 2.17. The van der Waals surface area contributed by atoms with Crippen molar-refractivity contribution in [3.8, 4) is 5.75 Å². The average molecular weight is 323 g/mol. The molecule has 0 fully saturated rings. The predicted molar refractivity (Wildman–Crippen MR) is 92.6 cm³/mol. The van der Waals surface area contributed by atoms with E-state index >= 15 is 0 Å². The fraction of sp³-hybridized carbons (Fsp3) is 0.167. The Labute approximate surface area is 138 Å². The van der Waals surface area contributed by atoms with Crippen molar-refractivity contribution in [3.05, 3.63) is 64.4 Å². The molecule has 0 aliphatic heterocycles. The van der Waals surface area contributed by atoms with Crippen LogP contribution in [0.25, 0.3) is 10.9 Å². The minimum Gasteiger partial charge on any atom is -0.497 e. The van der Waals surface area contributed by atoms with Gasteiger partial charge in [0.2, 0.25) is 5.43 Å². The standard InChI is InChI=1S/C18H17N3O3/c1-3-21-15-10-5-4-9-14(15)17(22)16(20-21)18(23)19-12-7-6-8-13(11-12)24-2/h4-11H,3H2,1-2H3,(H,19,23). The third-order valence-corrected chi connectivity index (χ3v) is 3.70. The van der Waals surface area contributed by atoms with Crippen LogP contribution in [0.2, 0.25) is 0 Å². The van der Waals surface area contributed by atoms with Crippen LogP contribution in [0.1, 0.15) is 17.4 Å². The van der Waals surface area contributed by atoms with Gasteiger partial charge >= 0.3 is 0 Å². The number of aryl methyl sites for hydroxylation is 1. The molecule has 0 atom stereocenters. The van der Waals surface area contributed by atoms with E-state index in [0.717, 1.165) is 0 Å². The molecule has 3 rings (SSSR count). The van der Waals surface area contributed by atoms with Gasteiger partial charge in [-0.3, -0.25) is 14.3 Å². The second kappa shape index (κ2) is 6.54. The van der Waals surface area contributed by atoms with Crippen LogP contribution in [-0.4, -0.2) is 22.8 Å². The van der Waals surface area contributed by atoms with Gasteiger partial charge in [-0.2, -0.15) is 5.10 Å². The van der Waals surface area contributed by atoms with Gasteiger partial charge in [-0.15, -0.1) is 0 Å². The quantitative estimate of drug-likeness (QED) is 0.801. The van der Waals surface area contributed by atoms with Crippen LogP contribution in [-0.2, 0) is 6.54 Å². The Morgan fingerprint density at radius 1 is 1.21 bits per heavy atom. The van der Waals surface area contributed by atoms with Crippen molar-refractivity contribution in [2.45, 2.75) is 13.5 Å². The number of fused-ring (bicyclic) bond motifs is 1. The number of nitrogens with zero attached hydrogens (tertiary/aromatic N) is 2. The molecule has 0 unspecified atom stereocenters. The third-order valence-electron chi connectivity index (χ3n) is 3.70. The van der Waals surface area contributed by atoms with Crippen LogP contribution in [0.5, 0.6) is 5.75 Å². The van der Waals surface area contributed by atoms with Crippen molar-refractivity contribution in [2.75, 3.05) is 12.4 Å². The first-order valence-electron chi connectivity index (χ1n) is 7.59. The van der Waals surface area contributed by atoms with E-state index in [2.05, 4.69) is 10.4 Å². The van der Waals surface area contributed by atoms with Crippen LogP contribution in [0, 0.1) is 0 Å². The van der Waals surface area contributed by atoms with Gasteiger partial charge in [0.1, 0.15) is 5.75 Å². The summed E-state index contributed by atoms with van der Waals surface area (Å²) >= 11 is 0. The van der Waals surface area contributed by atoms with E-state index in [4.69, 9.17) is 4.74 Å². The summed E-state index contributed by atoms with van der Waals surface area (Å²) in [5.74, 6) is 0.0754. The largest absolute Gasteiger partial charge is 0.497 e. The van der Waals surface area contributed by atoms with Crippen molar-refractivity contribution in [2.24, 2.45) is 0 Å². The molecule has 0 aliphatic rings. The minimum atomic E-state index is -0.541. The second-order valence-corrected chi connectivity index (χ2v) is 5.20. The van der Waals surface area contributed by atoms with E-state index in [9.17, 15) is 9.59 Å². The molecule has 2 aromatic carbocycles. The normalized spacial score (nSPS) is 10.6. The van der Waals surface area contributed by atoms with Crippen molar-refractivity contribution < 1.29 is 9.53 Å². The number of nitrogens with one attached hydrogen (secondary N) is 1. The lowest BCUT2D eigenvalue weighted by Gasteiger charge is -2.10. The zero-order valence-electron chi connectivity index (χ0n) is 13.4. The van der Waals surface area contributed by atoms with Crippen LogP contribution >= 0.6 is 0 Å². The number of hydrogen-bond acceptors (Lipinski definition) is 4. The number of anilines is 1. The molecule has 0 saturated heterocycles. The minimum absolute atomic E-state index is 0.127. The van der Waals surface area contributed by atoms with E-state index in [0.29, 0.717) is 28.9 Å². The molecule has 122 valence electrons. The molecule has 6 nitrogen and oxygen atoms in total. The van der Waals surface area contributed by atoms with E-state index in [1.54, 1.807) is 48.2 Å². The summed E-state index contributed by atoms with van der Waals surface area (Å²) in [6, 6.07) is 14.1. The maximum atomic E-state index is 12.6. The summed E-state index contributed by atoms with van der Waals surface area (Å²) in [7, 11) is 1.55. The molecule has 0 bridgehead atoms. The van der Waals surface area contributed by atoms with Gasteiger partial charge in [-0.25, -0.2) is 0 Å². The van der Waals surface area contributed by atoms with Crippen molar-refractivity contribution in [3.63, 3.8) is 0 Å². The van der Waals surface area contributed by atoms with Crippen molar-refractivity contribution in [1.29, 1.82) is 0 Å². The maximum Gasteiger partial charge on any atom is 0.280 e. The summed E-state index contributed by atoms with van der Waals surface area (Å²) in [5, 5.41) is 7.39. The Kier molecular flexibility index (Phi) is 4.29. The van der Waals surface area contributed by atoms with Gasteiger partial charge in [0, 0.05) is 23.7 Å². The molecule has 1 N–H and O–H groups in total. The molecular formula is C18H17N3O3. The Morgan fingerprint density at radius 3 is 2.75 bits per heavy atom. The first-order valence-corrected chi connectivity index (χ1v) is 7.59. The van der Waals surface area contributed by atoms with Gasteiger partial charge in [0.25, 0.3) is 5.91 Å². The Hall–Kier alpha value is -3.15. The Bertz CT molecular complexity index is 963. The van der Waals surface area contributed by atoms with E-state index in [1.807, 2.05) is 19.1 Å². The SMILES string of the molecule is CCn1nc(C(=O)Nc2cccc(OC)c2)c(=O)c2ccccc21. The molecule has 0 spiro atoms. The highest BCUT2D eigenvalue weighted by molar-refractivity contribution is 6.04. The number of ether oxygens (including phenoxy) is 1. The van der Waals surface area contributed by atoms with E-state index < -0.39 is 5.91 Å². The monoisotopic (exact) mass is 323 g/mol. The van der Waals surface area contributed by atoms with E-state index in [1.165, 1.54) is 0 Å². The van der Waals surface area contributed by atoms with E-state index in [-0.39, 0.29) is 11.1 Å². The lowest BCUT2D eigenvalue weighted by atomic mass is 10.2. The molecule has 1 aromatic heterocycles. The number of methoxy groups -OCH3 is 1. The first-order chi connectivity index (χ1) is 11.6. The molecule has 24 heavy (non-hydrogen) atoms. The molecule has 3 aromatic rings. The maximum absolute atomic E-state index is 12.6. The third kappa shape index (κ3) is 2.86. The number of benzene rings is 2. The zero-order valence-corrected chi connectivity index (χ0v) is 13.4. The van der Waals surface area contributed by atoms with Crippen LogP contribution in [0.15, 0.2) is 53.3 Å². The second-order valence-electron chi connectivity index (χ2n) is 5.20. The van der Waals surface area contributed by atoms with Gasteiger partial charge in [0.05, 0.1) is 12.6 Å². The lowest BCUT2D eigenvalue weighted by molar-refractivity contribution is 0.101. The van der Waals surface area contributed by atoms with Gasteiger partial charge in [-0.1, -0.05) is 18.2 Å². The topological polar surface area (TPSA) is 73.2 Å². The number of rotatable bonds is 4. The Balaban J connectivity index is 2.03. The highest BCUT2D eigenvalue weighted by atomic mass is 16.5. The summed E-state index contributed by atoms with van der Waals surface area (Å²) in [5.41, 5.74) is 0.744. The number of carbonyl (C=O) groups is 1. The number of carbonyl (C=O) groups excluding carboxylic acids is 1. The van der Waals surface area contributed by atoms with Crippen molar-refractivity contribution in [1.82, 2.24) is 9.78 Å². The summed E-state index contributed by atoms with van der Waals surface area (Å²) in [6.45, 7) is 2.47. The summed E-state index contributed by atoms with van der Waals surface area (Å²) in [6.07, 6.45) is 0. The molecular weight excluding hydrogens is 306 g/mol. The lowest BCUT2D eigenvalue weighted by Crippen LogP contribution is -2.27. The fourth-order valence-corrected chi connectivity index (χ4v) is 2.52. The van der Waals surface area contributed by atoms with Gasteiger partial charge in [0.15, 0.2) is 5.69 Å². The fourth-order valence-electron chi connectivity index (χ4n) is 2.52. The van der Waals surface area contributed by atoms with Crippen LogP contribution in [0.4, 0.5) is 5.69 Å². The first kappa shape index (κ1) is 15.7. The molecule has 1 amide bonds. The molecule has 0 saturated carbocycles. The number of amides is 1. The molecule has 6 heteroatoms.